The van der Waals surface area contributed by atoms with Crippen molar-refractivity contribution in [2.45, 2.75) is 19.8 Å². The summed E-state index contributed by atoms with van der Waals surface area (Å²) < 4.78 is 24.1. The van der Waals surface area contributed by atoms with Gasteiger partial charge in [-0.15, -0.1) is 0 Å². The van der Waals surface area contributed by atoms with Gasteiger partial charge in [0.05, 0.1) is 10.7 Å². The van der Waals surface area contributed by atoms with Crippen LogP contribution < -0.4 is 15.2 Å². The zero-order valence-corrected chi connectivity index (χ0v) is 12.7. The largest absolute Gasteiger partial charge is 0.452 e. The second kappa shape index (κ2) is 7.13. The predicted molar refractivity (Wildman–Crippen MR) is 82.9 cm³/mol. The van der Waals surface area contributed by atoms with E-state index in [0.29, 0.717) is 18.6 Å². The van der Waals surface area contributed by atoms with Gasteiger partial charge in [-0.3, -0.25) is 4.79 Å². The highest BCUT2D eigenvalue weighted by Crippen LogP contribution is 2.36. The molecule has 0 aliphatic heterocycles. The summed E-state index contributed by atoms with van der Waals surface area (Å²) in [7, 11) is 0. The van der Waals surface area contributed by atoms with Crippen molar-refractivity contribution < 1.29 is 18.7 Å². The van der Waals surface area contributed by atoms with Crippen LogP contribution in [0.1, 0.15) is 19.8 Å². The molecule has 6 heteroatoms. The van der Waals surface area contributed by atoms with Crippen LogP contribution in [0.4, 0.5) is 10.1 Å². The van der Waals surface area contributed by atoms with Gasteiger partial charge in [-0.25, -0.2) is 4.39 Å². The van der Waals surface area contributed by atoms with Crippen molar-refractivity contribution in [2.75, 3.05) is 5.73 Å². The third-order valence-electron chi connectivity index (χ3n) is 2.80. The van der Waals surface area contributed by atoms with E-state index in [0.717, 1.165) is 6.07 Å². The summed E-state index contributed by atoms with van der Waals surface area (Å²) in [5, 5.41) is 0.0707. The Kier molecular flexibility index (Phi) is 5.22. The van der Waals surface area contributed by atoms with Crippen LogP contribution in [-0.2, 0) is 4.79 Å². The van der Waals surface area contributed by atoms with E-state index in [1.54, 1.807) is 24.3 Å². The molecule has 116 valence electrons. The number of benzene rings is 2. The Morgan fingerprint density at radius 2 is 1.91 bits per heavy atom. The van der Waals surface area contributed by atoms with E-state index >= 15 is 0 Å². The number of carbonyl (C=O) groups is 1. The lowest BCUT2D eigenvalue weighted by Crippen LogP contribution is -2.07. The van der Waals surface area contributed by atoms with E-state index in [4.69, 9.17) is 26.8 Å². The Morgan fingerprint density at radius 3 is 2.59 bits per heavy atom. The SMILES string of the molecule is CCCC(=O)Oc1ccccc1Oc1cc(N)c(F)cc1Cl. The predicted octanol–water partition coefficient (Wildman–Crippen LogP) is 4.56. The molecule has 0 fully saturated rings. The summed E-state index contributed by atoms with van der Waals surface area (Å²) in [6.45, 7) is 1.88. The van der Waals surface area contributed by atoms with Crippen molar-refractivity contribution >= 4 is 23.3 Å². The third kappa shape index (κ3) is 3.89. The monoisotopic (exact) mass is 323 g/mol. The number of rotatable bonds is 5. The number of halogens is 2. The molecular formula is C16H15ClFNO3. The fraction of sp³-hybridized carbons (Fsp3) is 0.188. The molecule has 4 nitrogen and oxygen atoms in total. The van der Waals surface area contributed by atoms with Crippen LogP contribution in [0, 0.1) is 5.82 Å². The molecular weight excluding hydrogens is 309 g/mol. The van der Waals surface area contributed by atoms with E-state index in [-0.39, 0.29) is 28.2 Å². The highest BCUT2D eigenvalue weighted by atomic mass is 35.5. The van der Waals surface area contributed by atoms with E-state index in [2.05, 4.69) is 0 Å². The van der Waals surface area contributed by atoms with Crippen LogP contribution in [-0.4, -0.2) is 5.97 Å². The van der Waals surface area contributed by atoms with Crippen LogP contribution in [0.25, 0.3) is 0 Å². The van der Waals surface area contributed by atoms with Gasteiger partial charge in [0.15, 0.2) is 11.5 Å². The minimum Gasteiger partial charge on any atom is -0.452 e. The highest BCUT2D eigenvalue weighted by Gasteiger charge is 2.13. The molecule has 0 heterocycles. The first kappa shape index (κ1) is 16.1. The quantitative estimate of drug-likeness (QED) is 0.498. The molecule has 0 saturated heterocycles. The lowest BCUT2D eigenvalue weighted by molar-refractivity contribution is -0.134. The molecule has 0 saturated carbocycles. The van der Waals surface area contributed by atoms with E-state index in [9.17, 15) is 9.18 Å². The van der Waals surface area contributed by atoms with Crippen LogP contribution in [0.2, 0.25) is 5.02 Å². The van der Waals surface area contributed by atoms with Gasteiger partial charge in [0.25, 0.3) is 0 Å². The molecule has 2 rings (SSSR count). The summed E-state index contributed by atoms with van der Waals surface area (Å²) in [6, 6.07) is 8.99. The third-order valence-corrected chi connectivity index (χ3v) is 3.09. The number of hydrogen-bond acceptors (Lipinski definition) is 4. The number of anilines is 1. The van der Waals surface area contributed by atoms with E-state index in [1.165, 1.54) is 6.07 Å². The average molecular weight is 324 g/mol. The van der Waals surface area contributed by atoms with Gasteiger partial charge >= 0.3 is 5.97 Å². The summed E-state index contributed by atoms with van der Waals surface area (Å²) >= 11 is 5.93. The molecule has 22 heavy (non-hydrogen) atoms. The molecule has 0 unspecified atom stereocenters. The molecule has 0 amide bonds. The number of nitrogens with two attached hydrogens (primary N) is 1. The van der Waals surface area contributed by atoms with Crippen molar-refractivity contribution in [1.82, 2.24) is 0 Å². The molecule has 2 aromatic rings. The normalized spacial score (nSPS) is 10.3. The van der Waals surface area contributed by atoms with Crippen LogP contribution >= 0.6 is 11.6 Å². The number of nitrogen functional groups attached to an aromatic ring is 1. The van der Waals surface area contributed by atoms with Crippen LogP contribution in [0.5, 0.6) is 17.2 Å². The topological polar surface area (TPSA) is 61.5 Å². The Hall–Kier alpha value is -2.27. The number of esters is 1. The van der Waals surface area contributed by atoms with Crippen molar-refractivity contribution in [1.29, 1.82) is 0 Å². The summed E-state index contributed by atoms with van der Waals surface area (Å²) in [6.07, 6.45) is 0.987. The van der Waals surface area contributed by atoms with Gasteiger partial charge in [0.1, 0.15) is 11.6 Å². The zero-order valence-electron chi connectivity index (χ0n) is 11.9. The summed E-state index contributed by atoms with van der Waals surface area (Å²) in [4.78, 5) is 11.6. The highest BCUT2D eigenvalue weighted by molar-refractivity contribution is 6.32. The Bertz CT molecular complexity index is 691. The molecule has 0 bridgehead atoms. The lowest BCUT2D eigenvalue weighted by Gasteiger charge is -2.12. The zero-order chi connectivity index (χ0) is 16.1. The first-order valence-electron chi connectivity index (χ1n) is 6.73. The number of ether oxygens (including phenoxy) is 2. The number of para-hydroxylation sites is 2. The molecule has 0 spiro atoms. The van der Waals surface area contributed by atoms with Gasteiger partial charge in [-0.05, 0) is 24.6 Å². The molecule has 0 atom stereocenters. The molecule has 2 aromatic carbocycles. The fourth-order valence-electron chi connectivity index (χ4n) is 1.74. The van der Waals surface area contributed by atoms with Crippen LogP contribution in [0.15, 0.2) is 36.4 Å². The van der Waals surface area contributed by atoms with Crippen LogP contribution in [0.3, 0.4) is 0 Å². The van der Waals surface area contributed by atoms with Crippen molar-refractivity contribution in [3.05, 3.63) is 47.2 Å². The Morgan fingerprint density at radius 1 is 1.23 bits per heavy atom. The maximum absolute atomic E-state index is 13.3. The first-order chi connectivity index (χ1) is 10.5. The van der Waals surface area contributed by atoms with Crippen molar-refractivity contribution in [2.24, 2.45) is 0 Å². The number of hydrogen-bond donors (Lipinski definition) is 1. The Balaban J connectivity index is 2.27. The fourth-order valence-corrected chi connectivity index (χ4v) is 1.93. The Labute approximate surface area is 132 Å². The maximum atomic E-state index is 13.3. The minimum atomic E-state index is -0.625. The number of carbonyl (C=O) groups excluding carboxylic acids is 1. The molecule has 0 radical (unpaired) electrons. The lowest BCUT2D eigenvalue weighted by atomic mass is 10.2. The smallest absolute Gasteiger partial charge is 0.311 e. The summed E-state index contributed by atoms with van der Waals surface area (Å²) in [5.41, 5.74) is 5.42. The molecule has 0 aromatic heterocycles. The second-order valence-corrected chi connectivity index (χ2v) is 4.98. The van der Waals surface area contributed by atoms with Gasteiger partial charge in [0, 0.05) is 12.5 Å². The van der Waals surface area contributed by atoms with Crippen molar-refractivity contribution in [3.8, 4) is 17.2 Å². The molecule has 0 aliphatic carbocycles. The average Bonchev–Trinajstić information content (AvgIpc) is 2.47. The minimum absolute atomic E-state index is 0.0707. The first-order valence-corrected chi connectivity index (χ1v) is 7.11. The van der Waals surface area contributed by atoms with Gasteiger partial charge in [0.2, 0.25) is 0 Å². The van der Waals surface area contributed by atoms with E-state index in [1.807, 2.05) is 6.92 Å². The van der Waals surface area contributed by atoms with Gasteiger partial charge in [-0.2, -0.15) is 0 Å². The second-order valence-electron chi connectivity index (χ2n) is 4.58. The van der Waals surface area contributed by atoms with Gasteiger partial charge in [-0.1, -0.05) is 30.7 Å². The summed E-state index contributed by atoms with van der Waals surface area (Å²) in [5.74, 6) is -0.248. The van der Waals surface area contributed by atoms with Gasteiger partial charge < -0.3 is 15.2 Å². The van der Waals surface area contributed by atoms with Crippen molar-refractivity contribution in [3.63, 3.8) is 0 Å². The molecule has 0 aliphatic rings. The molecule has 2 N–H and O–H groups in total. The standard InChI is InChI=1S/C16H15ClFNO3/c1-2-5-16(20)22-14-7-4-3-6-13(14)21-15-9-12(19)11(18)8-10(15)17/h3-4,6-9H,2,5,19H2,1H3. The maximum Gasteiger partial charge on any atom is 0.311 e. The van der Waals surface area contributed by atoms with E-state index < -0.39 is 5.82 Å².